The lowest BCUT2D eigenvalue weighted by Gasteiger charge is -2.19. The van der Waals surface area contributed by atoms with E-state index in [1.54, 1.807) is 31.4 Å². The van der Waals surface area contributed by atoms with Crippen LogP contribution in [0.5, 0.6) is 23.1 Å². The minimum absolute atomic E-state index is 0.131. The summed E-state index contributed by atoms with van der Waals surface area (Å²) in [6.07, 6.45) is 0.571. The summed E-state index contributed by atoms with van der Waals surface area (Å²) in [5.41, 5.74) is 3.33. The standard InChI is InChI=1S/C23H21N3O5/c1-28-22-7-4-18(25-26-22)14-2-5-19-16(10-14)11-17(31-19)13-24-23(27)15-3-6-20-21(12-15)30-9-8-29-20/h2-7,10,12,17H,8-9,11,13H2,1H3,(H,24,27). The van der Waals surface area contributed by atoms with Crippen molar-refractivity contribution in [3.8, 4) is 34.4 Å². The van der Waals surface area contributed by atoms with Crippen molar-refractivity contribution in [2.45, 2.75) is 12.5 Å². The maximum Gasteiger partial charge on any atom is 0.251 e. The van der Waals surface area contributed by atoms with Crippen molar-refractivity contribution < 1.29 is 23.7 Å². The monoisotopic (exact) mass is 419 g/mol. The summed E-state index contributed by atoms with van der Waals surface area (Å²) in [5, 5.41) is 11.2. The van der Waals surface area contributed by atoms with Gasteiger partial charge in [-0.25, -0.2) is 0 Å². The molecule has 0 bridgehead atoms. The van der Waals surface area contributed by atoms with Gasteiger partial charge in [0.1, 0.15) is 25.1 Å². The number of benzene rings is 2. The van der Waals surface area contributed by atoms with Crippen LogP contribution in [0.15, 0.2) is 48.5 Å². The van der Waals surface area contributed by atoms with E-state index in [-0.39, 0.29) is 12.0 Å². The highest BCUT2D eigenvalue weighted by molar-refractivity contribution is 5.94. The first-order valence-electron chi connectivity index (χ1n) is 10.0. The van der Waals surface area contributed by atoms with Crippen molar-refractivity contribution in [2.75, 3.05) is 26.9 Å². The van der Waals surface area contributed by atoms with Crippen molar-refractivity contribution in [1.29, 1.82) is 0 Å². The van der Waals surface area contributed by atoms with Gasteiger partial charge in [0.05, 0.1) is 19.3 Å². The zero-order valence-electron chi connectivity index (χ0n) is 17.0. The van der Waals surface area contributed by atoms with E-state index in [9.17, 15) is 4.79 Å². The van der Waals surface area contributed by atoms with Gasteiger partial charge in [0.2, 0.25) is 5.88 Å². The quantitative estimate of drug-likeness (QED) is 0.680. The lowest BCUT2D eigenvalue weighted by Crippen LogP contribution is -2.34. The Morgan fingerprint density at radius 2 is 1.87 bits per heavy atom. The van der Waals surface area contributed by atoms with E-state index in [0.717, 1.165) is 22.6 Å². The first kappa shape index (κ1) is 19.2. The van der Waals surface area contributed by atoms with Gasteiger partial charge >= 0.3 is 0 Å². The number of carbonyl (C=O) groups excluding carboxylic acids is 1. The van der Waals surface area contributed by atoms with Gasteiger partial charge in [0.15, 0.2) is 11.5 Å². The molecule has 1 N–H and O–H groups in total. The van der Waals surface area contributed by atoms with Crippen molar-refractivity contribution in [2.24, 2.45) is 0 Å². The Morgan fingerprint density at radius 1 is 1.03 bits per heavy atom. The Labute approximate surface area is 179 Å². The van der Waals surface area contributed by atoms with Gasteiger partial charge in [-0.3, -0.25) is 4.79 Å². The van der Waals surface area contributed by atoms with Crippen molar-refractivity contribution in [3.63, 3.8) is 0 Å². The van der Waals surface area contributed by atoms with Crippen LogP contribution in [0.2, 0.25) is 0 Å². The second kappa shape index (κ2) is 8.14. The fraction of sp³-hybridized carbons (Fsp3) is 0.261. The van der Waals surface area contributed by atoms with Crippen LogP contribution >= 0.6 is 0 Å². The minimum atomic E-state index is -0.175. The largest absolute Gasteiger partial charge is 0.488 e. The highest BCUT2D eigenvalue weighted by atomic mass is 16.6. The number of carbonyl (C=O) groups is 1. The molecule has 2 aliphatic heterocycles. The van der Waals surface area contributed by atoms with Gasteiger partial charge in [-0.15, -0.1) is 10.2 Å². The molecule has 3 heterocycles. The maximum absolute atomic E-state index is 12.6. The normalized spacial score (nSPS) is 16.2. The van der Waals surface area contributed by atoms with Crippen molar-refractivity contribution in [3.05, 3.63) is 59.7 Å². The van der Waals surface area contributed by atoms with Crippen LogP contribution in [-0.2, 0) is 6.42 Å². The van der Waals surface area contributed by atoms with E-state index in [1.807, 2.05) is 18.2 Å². The second-order valence-corrected chi connectivity index (χ2v) is 7.30. The van der Waals surface area contributed by atoms with Crippen LogP contribution in [0.4, 0.5) is 0 Å². The molecule has 0 spiro atoms. The smallest absolute Gasteiger partial charge is 0.251 e. The number of nitrogens with one attached hydrogen (secondary N) is 1. The first-order valence-corrected chi connectivity index (χ1v) is 10.0. The number of hydrogen-bond acceptors (Lipinski definition) is 7. The Morgan fingerprint density at radius 3 is 2.68 bits per heavy atom. The number of amides is 1. The molecule has 8 nitrogen and oxygen atoms in total. The number of rotatable bonds is 5. The molecule has 0 aliphatic carbocycles. The highest BCUT2D eigenvalue weighted by Gasteiger charge is 2.24. The molecule has 1 unspecified atom stereocenters. The van der Waals surface area contributed by atoms with Crippen LogP contribution in [0.1, 0.15) is 15.9 Å². The zero-order valence-corrected chi connectivity index (χ0v) is 17.0. The third-order valence-corrected chi connectivity index (χ3v) is 5.24. The molecule has 0 radical (unpaired) electrons. The number of hydrogen-bond donors (Lipinski definition) is 1. The number of ether oxygens (including phenoxy) is 4. The zero-order chi connectivity index (χ0) is 21.2. The lowest BCUT2D eigenvalue weighted by molar-refractivity contribution is 0.0932. The van der Waals surface area contributed by atoms with E-state index < -0.39 is 0 Å². The summed E-state index contributed by atoms with van der Waals surface area (Å²) in [4.78, 5) is 12.6. The van der Waals surface area contributed by atoms with Gasteiger partial charge in [-0.2, -0.15) is 0 Å². The molecule has 5 rings (SSSR count). The lowest BCUT2D eigenvalue weighted by atomic mass is 10.0. The Bertz CT molecular complexity index is 1120. The van der Waals surface area contributed by atoms with Crippen molar-refractivity contribution >= 4 is 5.91 Å². The van der Waals surface area contributed by atoms with Gasteiger partial charge in [0.25, 0.3) is 5.91 Å². The average Bonchev–Trinajstić information content (AvgIpc) is 3.24. The third kappa shape index (κ3) is 3.96. The van der Waals surface area contributed by atoms with E-state index >= 15 is 0 Å². The summed E-state index contributed by atoms with van der Waals surface area (Å²) in [5.74, 6) is 2.38. The molecule has 0 saturated heterocycles. The molecule has 1 atom stereocenters. The van der Waals surface area contributed by atoms with Crippen molar-refractivity contribution in [1.82, 2.24) is 15.5 Å². The first-order chi connectivity index (χ1) is 15.2. The molecular formula is C23H21N3O5. The Kier molecular flexibility index (Phi) is 5.03. The predicted molar refractivity (Wildman–Crippen MR) is 112 cm³/mol. The molecule has 2 aliphatic rings. The summed E-state index contributed by atoms with van der Waals surface area (Å²) in [7, 11) is 1.56. The van der Waals surface area contributed by atoms with Crippen LogP contribution in [0.25, 0.3) is 11.3 Å². The van der Waals surface area contributed by atoms with E-state index in [1.165, 1.54) is 0 Å². The summed E-state index contributed by atoms with van der Waals surface area (Å²) in [6, 6.07) is 14.8. The Hall–Kier alpha value is -3.81. The van der Waals surface area contributed by atoms with Gasteiger partial charge in [0, 0.05) is 23.6 Å². The van der Waals surface area contributed by atoms with Gasteiger partial charge < -0.3 is 24.3 Å². The fourth-order valence-electron chi connectivity index (χ4n) is 3.67. The molecule has 1 aromatic heterocycles. The number of fused-ring (bicyclic) bond motifs is 2. The third-order valence-electron chi connectivity index (χ3n) is 5.24. The average molecular weight is 419 g/mol. The van der Waals surface area contributed by atoms with E-state index in [4.69, 9.17) is 18.9 Å². The highest BCUT2D eigenvalue weighted by Crippen LogP contribution is 2.33. The molecule has 8 heteroatoms. The second-order valence-electron chi connectivity index (χ2n) is 7.30. The van der Waals surface area contributed by atoms with Crippen LogP contribution in [0, 0.1) is 0 Å². The SMILES string of the molecule is COc1ccc(-c2ccc3c(c2)CC(CNC(=O)c2ccc4c(c2)OCCO4)O3)nn1. The van der Waals surface area contributed by atoms with E-state index in [0.29, 0.717) is 49.1 Å². The molecule has 31 heavy (non-hydrogen) atoms. The predicted octanol–water partition coefficient (Wildman–Crippen LogP) is 2.66. The molecule has 2 aromatic carbocycles. The molecule has 0 saturated carbocycles. The number of methoxy groups -OCH3 is 1. The number of aromatic nitrogens is 2. The molecule has 0 fully saturated rings. The van der Waals surface area contributed by atoms with Crippen LogP contribution in [0.3, 0.4) is 0 Å². The maximum atomic E-state index is 12.6. The van der Waals surface area contributed by atoms with Gasteiger partial charge in [-0.1, -0.05) is 0 Å². The topological polar surface area (TPSA) is 91.8 Å². The summed E-state index contributed by atoms with van der Waals surface area (Å²) >= 11 is 0. The molecular weight excluding hydrogens is 398 g/mol. The molecule has 3 aromatic rings. The Balaban J connectivity index is 1.21. The van der Waals surface area contributed by atoms with Crippen LogP contribution in [-0.4, -0.2) is 49.1 Å². The summed E-state index contributed by atoms with van der Waals surface area (Å²) < 4.78 is 22.1. The van der Waals surface area contributed by atoms with E-state index in [2.05, 4.69) is 21.6 Å². The van der Waals surface area contributed by atoms with Crippen LogP contribution < -0.4 is 24.3 Å². The number of nitrogens with zero attached hydrogens (tertiary/aromatic N) is 2. The summed E-state index contributed by atoms with van der Waals surface area (Å²) in [6.45, 7) is 1.40. The van der Waals surface area contributed by atoms with Gasteiger partial charge in [-0.05, 0) is 48.0 Å². The fourth-order valence-corrected chi connectivity index (χ4v) is 3.67. The minimum Gasteiger partial charge on any atom is -0.488 e. The molecule has 158 valence electrons. The molecule has 1 amide bonds.